The Bertz CT molecular complexity index is 838. The lowest BCUT2D eigenvalue weighted by Crippen LogP contribution is -2.38. The van der Waals surface area contributed by atoms with Crippen molar-refractivity contribution < 1.29 is 14.3 Å². The highest BCUT2D eigenvalue weighted by Gasteiger charge is 2.56. The third-order valence-corrected chi connectivity index (χ3v) is 5.82. The highest BCUT2D eigenvalue weighted by Crippen LogP contribution is 2.49. The fraction of sp³-hybridized carbons (Fsp3) is 0.350. The Balaban J connectivity index is 1.60. The molecular formula is C20H17BrN2O3. The smallest absolute Gasteiger partial charge is 0.254 e. The zero-order chi connectivity index (χ0) is 18.3. The molecule has 0 aromatic heterocycles. The van der Waals surface area contributed by atoms with E-state index in [9.17, 15) is 9.59 Å². The molecule has 2 bridgehead atoms. The Morgan fingerprint density at radius 1 is 1.23 bits per heavy atom. The summed E-state index contributed by atoms with van der Waals surface area (Å²) in [5.41, 5.74) is 0.645. The number of halogens is 1. The number of ether oxygens (including phenoxy) is 1. The number of fused-ring (bicyclic) bond motifs is 1. The minimum atomic E-state index is -0.261. The van der Waals surface area contributed by atoms with Crippen LogP contribution in [-0.4, -0.2) is 29.6 Å². The van der Waals surface area contributed by atoms with Crippen molar-refractivity contribution in [1.82, 2.24) is 5.01 Å². The second kappa shape index (κ2) is 6.73. The fourth-order valence-electron chi connectivity index (χ4n) is 4.16. The molecule has 2 fully saturated rings. The van der Waals surface area contributed by atoms with Crippen LogP contribution < -0.4 is 4.74 Å². The number of hydrazone groups is 1. The van der Waals surface area contributed by atoms with Gasteiger partial charge < -0.3 is 4.74 Å². The Kier molecular flexibility index (Phi) is 4.41. The second-order valence-corrected chi connectivity index (χ2v) is 7.66. The molecule has 132 valence electrons. The minimum Gasteiger partial charge on any atom is -0.480 e. The van der Waals surface area contributed by atoms with Crippen LogP contribution in [0.25, 0.3) is 0 Å². The summed E-state index contributed by atoms with van der Waals surface area (Å²) in [7, 11) is 0. The average molecular weight is 413 g/mol. The third kappa shape index (κ3) is 2.77. The zero-order valence-corrected chi connectivity index (χ0v) is 15.6. The summed E-state index contributed by atoms with van der Waals surface area (Å²) in [6.45, 7) is 0.128. The average Bonchev–Trinajstić information content (AvgIpc) is 2.93. The van der Waals surface area contributed by atoms with E-state index in [-0.39, 0.29) is 42.1 Å². The molecule has 0 unspecified atom stereocenters. The number of imide groups is 1. The number of hydrogen-bond donors (Lipinski definition) is 0. The van der Waals surface area contributed by atoms with Gasteiger partial charge in [-0.15, -0.1) is 6.42 Å². The molecule has 1 saturated carbocycles. The first-order valence-corrected chi connectivity index (χ1v) is 9.35. The number of carbonyl (C=O) groups is 2. The van der Waals surface area contributed by atoms with Crippen molar-refractivity contribution >= 4 is 34.0 Å². The highest BCUT2D eigenvalue weighted by atomic mass is 79.9. The van der Waals surface area contributed by atoms with Crippen LogP contribution in [0.3, 0.4) is 0 Å². The van der Waals surface area contributed by atoms with Crippen LogP contribution in [0.1, 0.15) is 18.4 Å². The van der Waals surface area contributed by atoms with Crippen LogP contribution >= 0.6 is 15.9 Å². The molecule has 3 aliphatic carbocycles. The van der Waals surface area contributed by atoms with E-state index in [1.807, 2.05) is 6.07 Å². The summed E-state index contributed by atoms with van der Waals surface area (Å²) in [6, 6.07) is 5.40. The summed E-state index contributed by atoms with van der Waals surface area (Å²) < 4.78 is 6.34. The maximum absolute atomic E-state index is 12.8. The van der Waals surface area contributed by atoms with Gasteiger partial charge >= 0.3 is 0 Å². The summed E-state index contributed by atoms with van der Waals surface area (Å²) in [5, 5.41) is 5.26. The first kappa shape index (κ1) is 17.0. The van der Waals surface area contributed by atoms with Crippen molar-refractivity contribution in [1.29, 1.82) is 0 Å². The summed E-state index contributed by atoms with van der Waals surface area (Å²) in [5.74, 6) is 2.36. The third-order valence-electron chi connectivity index (χ3n) is 5.33. The van der Waals surface area contributed by atoms with Gasteiger partial charge in [0.1, 0.15) is 12.4 Å². The molecule has 5 rings (SSSR count). The van der Waals surface area contributed by atoms with Crippen molar-refractivity contribution in [3.63, 3.8) is 0 Å². The molecule has 4 atom stereocenters. The van der Waals surface area contributed by atoms with E-state index in [2.05, 4.69) is 39.1 Å². The lowest BCUT2D eigenvalue weighted by atomic mass is 9.63. The van der Waals surface area contributed by atoms with Gasteiger partial charge in [0.25, 0.3) is 11.8 Å². The van der Waals surface area contributed by atoms with Gasteiger partial charge in [-0.3, -0.25) is 9.59 Å². The molecule has 1 aromatic rings. The number of amides is 2. The number of carbonyl (C=O) groups excluding carboxylic acids is 2. The van der Waals surface area contributed by atoms with Crippen molar-refractivity contribution in [3.8, 4) is 18.1 Å². The van der Waals surface area contributed by atoms with E-state index in [0.717, 1.165) is 22.3 Å². The minimum absolute atomic E-state index is 0.128. The van der Waals surface area contributed by atoms with E-state index in [4.69, 9.17) is 11.2 Å². The molecule has 4 aliphatic rings. The van der Waals surface area contributed by atoms with E-state index < -0.39 is 0 Å². The van der Waals surface area contributed by atoms with Crippen LogP contribution in [0.2, 0.25) is 0 Å². The molecule has 1 aromatic carbocycles. The quantitative estimate of drug-likeness (QED) is 0.330. The Morgan fingerprint density at radius 2 is 1.88 bits per heavy atom. The molecule has 26 heavy (non-hydrogen) atoms. The van der Waals surface area contributed by atoms with E-state index >= 15 is 0 Å². The lowest BCUT2D eigenvalue weighted by Gasteiger charge is -2.37. The van der Waals surface area contributed by atoms with Crippen molar-refractivity contribution in [2.45, 2.75) is 12.8 Å². The van der Waals surface area contributed by atoms with Gasteiger partial charge in [-0.25, -0.2) is 0 Å². The predicted molar refractivity (Wildman–Crippen MR) is 100 cm³/mol. The molecule has 0 spiro atoms. The van der Waals surface area contributed by atoms with E-state index in [1.165, 1.54) is 6.21 Å². The number of allylic oxidation sites excluding steroid dienone is 2. The van der Waals surface area contributed by atoms with Crippen LogP contribution in [0.5, 0.6) is 5.75 Å². The van der Waals surface area contributed by atoms with Gasteiger partial charge in [-0.1, -0.05) is 34.0 Å². The van der Waals surface area contributed by atoms with Crippen LogP contribution in [-0.2, 0) is 9.59 Å². The van der Waals surface area contributed by atoms with Crippen molar-refractivity contribution in [2.75, 3.05) is 6.61 Å². The standard InChI is InChI=1S/C20H17BrN2O3/c1-2-9-26-16-8-7-15(21)10-14(16)11-22-23-19(24)17-12-3-4-13(6-5-12)18(17)20(23)25/h1,3-4,7-8,10-13,17-18H,5-6,9H2/b22-11-/t12-,13-,17-,18-/m0/s1. The van der Waals surface area contributed by atoms with Crippen LogP contribution in [0.15, 0.2) is 39.9 Å². The number of nitrogens with zero attached hydrogens (tertiary/aromatic N) is 2. The number of hydrogen-bond acceptors (Lipinski definition) is 4. The first-order chi connectivity index (χ1) is 12.6. The van der Waals surface area contributed by atoms with Crippen molar-refractivity contribution in [2.24, 2.45) is 28.8 Å². The maximum atomic E-state index is 12.8. The van der Waals surface area contributed by atoms with Gasteiger partial charge in [0.15, 0.2) is 0 Å². The van der Waals surface area contributed by atoms with Gasteiger partial charge in [-0.2, -0.15) is 10.1 Å². The van der Waals surface area contributed by atoms with Crippen LogP contribution in [0, 0.1) is 36.0 Å². The monoisotopic (exact) mass is 412 g/mol. The number of rotatable bonds is 4. The fourth-order valence-corrected chi connectivity index (χ4v) is 4.54. The molecule has 0 N–H and O–H groups in total. The summed E-state index contributed by atoms with van der Waals surface area (Å²) in [6.07, 6.45) is 12.8. The van der Waals surface area contributed by atoms with Crippen LogP contribution in [0.4, 0.5) is 0 Å². The highest BCUT2D eigenvalue weighted by molar-refractivity contribution is 9.10. The second-order valence-electron chi connectivity index (χ2n) is 6.75. The number of benzene rings is 1. The molecule has 1 aliphatic heterocycles. The molecule has 6 heteroatoms. The SMILES string of the molecule is C#CCOc1ccc(Br)cc1/C=N\N1C(=O)[C@@H]2[C@@H](C1=O)[C@H]1C=C[C@H]2CC1. The van der Waals surface area contributed by atoms with E-state index in [1.54, 1.807) is 12.1 Å². The molecule has 0 radical (unpaired) electrons. The summed E-state index contributed by atoms with van der Waals surface area (Å²) in [4.78, 5) is 25.6. The Morgan fingerprint density at radius 3 is 2.46 bits per heavy atom. The molecule has 2 amide bonds. The Labute approximate surface area is 160 Å². The molecule has 5 nitrogen and oxygen atoms in total. The molecule has 1 saturated heterocycles. The van der Waals surface area contributed by atoms with Gasteiger partial charge in [0.2, 0.25) is 0 Å². The normalized spacial score (nSPS) is 29.3. The lowest BCUT2D eigenvalue weighted by molar-refractivity contribution is -0.140. The predicted octanol–water partition coefficient (Wildman–Crippen LogP) is 2.99. The Hall–Kier alpha value is -2.39. The van der Waals surface area contributed by atoms with Gasteiger partial charge in [0, 0.05) is 10.0 Å². The molecular weight excluding hydrogens is 396 g/mol. The van der Waals surface area contributed by atoms with Gasteiger partial charge in [-0.05, 0) is 42.9 Å². The largest absolute Gasteiger partial charge is 0.480 e. The molecule has 1 heterocycles. The zero-order valence-electron chi connectivity index (χ0n) is 14.0. The first-order valence-electron chi connectivity index (χ1n) is 8.56. The van der Waals surface area contributed by atoms with Crippen molar-refractivity contribution in [3.05, 3.63) is 40.4 Å². The number of terminal acetylenes is 1. The topological polar surface area (TPSA) is 59.0 Å². The maximum Gasteiger partial charge on any atom is 0.254 e. The van der Waals surface area contributed by atoms with Gasteiger partial charge in [0.05, 0.1) is 18.1 Å². The van der Waals surface area contributed by atoms with E-state index in [0.29, 0.717) is 11.3 Å². The summed E-state index contributed by atoms with van der Waals surface area (Å²) >= 11 is 3.40.